The van der Waals surface area contributed by atoms with Gasteiger partial charge in [-0.3, -0.25) is 4.79 Å². The van der Waals surface area contributed by atoms with Gasteiger partial charge in [0.25, 0.3) is 5.91 Å². The molecule has 1 aromatic heterocycles. The van der Waals surface area contributed by atoms with Crippen molar-refractivity contribution >= 4 is 17.2 Å². The highest BCUT2D eigenvalue weighted by Gasteiger charge is 2.24. The van der Waals surface area contributed by atoms with E-state index in [-0.39, 0.29) is 11.9 Å². The average Bonchev–Trinajstić information content (AvgIpc) is 3.25. The lowest BCUT2D eigenvalue weighted by molar-refractivity contribution is 0.0665. The molecule has 1 amide bonds. The van der Waals surface area contributed by atoms with Crippen molar-refractivity contribution in [3.05, 3.63) is 75.2 Å². The Balaban J connectivity index is 1.73. The first-order valence-corrected chi connectivity index (χ1v) is 11.4. The number of carbonyl (C=O) groups excluding carboxylic acids is 1. The lowest BCUT2D eigenvalue weighted by atomic mass is 10.1. The van der Waals surface area contributed by atoms with Gasteiger partial charge in [-0.1, -0.05) is 31.2 Å². The Morgan fingerprint density at radius 3 is 2.61 bits per heavy atom. The molecule has 164 valence electrons. The zero-order chi connectivity index (χ0) is 22.4. The molecule has 0 aliphatic carbocycles. The summed E-state index contributed by atoms with van der Waals surface area (Å²) in [4.78, 5) is 19.9. The molecule has 3 rings (SSSR count). The molecule has 31 heavy (non-hydrogen) atoms. The molecular formula is C25H30N2O3S. The first-order chi connectivity index (χ1) is 14.9. The maximum atomic E-state index is 13.3. The van der Waals surface area contributed by atoms with E-state index in [0.29, 0.717) is 24.5 Å². The van der Waals surface area contributed by atoms with Crippen LogP contribution in [0.2, 0.25) is 0 Å². The molecule has 0 aliphatic heterocycles. The third-order valence-electron chi connectivity index (χ3n) is 5.56. The van der Waals surface area contributed by atoms with E-state index in [4.69, 9.17) is 14.5 Å². The molecule has 0 bridgehead atoms. The summed E-state index contributed by atoms with van der Waals surface area (Å²) in [6.07, 6.45) is 0.855. The number of hydrogen-bond donors (Lipinski definition) is 0. The molecule has 2 aromatic carbocycles. The first kappa shape index (κ1) is 22.8. The number of hydrogen-bond acceptors (Lipinski definition) is 5. The van der Waals surface area contributed by atoms with Gasteiger partial charge in [0.2, 0.25) is 0 Å². The molecule has 6 heteroatoms. The molecule has 1 heterocycles. The largest absolute Gasteiger partial charge is 0.496 e. The fraction of sp³-hybridized carbons (Fsp3) is 0.360. The lowest BCUT2D eigenvalue weighted by Gasteiger charge is -2.28. The van der Waals surface area contributed by atoms with Crippen LogP contribution in [0.25, 0.3) is 0 Å². The third kappa shape index (κ3) is 5.44. The van der Waals surface area contributed by atoms with Crippen molar-refractivity contribution in [3.8, 4) is 11.5 Å². The van der Waals surface area contributed by atoms with E-state index < -0.39 is 0 Å². The molecule has 0 N–H and O–H groups in total. The quantitative estimate of drug-likeness (QED) is 0.424. The molecular weight excluding hydrogens is 408 g/mol. The van der Waals surface area contributed by atoms with Gasteiger partial charge >= 0.3 is 0 Å². The van der Waals surface area contributed by atoms with Crippen molar-refractivity contribution in [2.24, 2.45) is 0 Å². The van der Waals surface area contributed by atoms with Crippen LogP contribution in [-0.4, -0.2) is 28.9 Å². The van der Waals surface area contributed by atoms with Gasteiger partial charge in [-0.15, -0.1) is 11.3 Å². The Kier molecular flexibility index (Phi) is 7.69. The Hall–Kier alpha value is -2.86. The molecule has 3 aromatic rings. The summed E-state index contributed by atoms with van der Waals surface area (Å²) < 4.78 is 11.4. The van der Waals surface area contributed by atoms with Gasteiger partial charge in [0, 0.05) is 11.4 Å². The summed E-state index contributed by atoms with van der Waals surface area (Å²) in [7, 11) is 1.59. The van der Waals surface area contributed by atoms with E-state index in [9.17, 15) is 4.79 Å². The van der Waals surface area contributed by atoms with E-state index in [1.165, 1.54) is 5.56 Å². The second-order valence-electron chi connectivity index (χ2n) is 7.61. The summed E-state index contributed by atoms with van der Waals surface area (Å²) in [5.74, 6) is 1.42. The van der Waals surface area contributed by atoms with Crippen LogP contribution < -0.4 is 9.47 Å². The summed E-state index contributed by atoms with van der Waals surface area (Å²) in [6.45, 7) is 9.14. The number of carbonyl (C=O) groups is 1. The monoisotopic (exact) mass is 438 g/mol. The van der Waals surface area contributed by atoms with Crippen molar-refractivity contribution in [2.75, 3.05) is 7.11 Å². The van der Waals surface area contributed by atoms with E-state index in [2.05, 4.69) is 33.8 Å². The highest BCUT2D eigenvalue weighted by atomic mass is 32.1. The summed E-state index contributed by atoms with van der Waals surface area (Å²) in [5.41, 5.74) is 3.79. The Bertz CT molecular complexity index is 1030. The van der Waals surface area contributed by atoms with Crippen LogP contribution in [-0.2, 0) is 13.2 Å². The fourth-order valence-electron chi connectivity index (χ4n) is 3.31. The van der Waals surface area contributed by atoms with Gasteiger partial charge < -0.3 is 14.4 Å². The van der Waals surface area contributed by atoms with E-state index >= 15 is 0 Å². The Morgan fingerprint density at radius 2 is 1.87 bits per heavy atom. The first-order valence-electron chi connectivity index (χ1n) is 10.5. The summed E-state index contributed by atoms with van der Waals surface area (Å²) in [5, 5.41) is 2.90. The minimum atomic E-state index is -0.0482. The van der Waals surface area contributed by atoms with Crippen LogP contribution in [0.3, 0.4) is 0 Å². The molecule has 0 saturated carbocycles. The molecule has 1 atom stereocenters. The van der Waals surface area contributed by atoms with Crippen LogP contribution in [0.15, 0.2) is 47.8 Å². The third-order valence-corrected chi connectivity index (χ3v) is 6.43. The van der Waals surface area contributed by atoms with E-state index in [1.54, 1.807) is 24.5 Å². The summed E-state index contributed by atoms with van der Waals surface area (Å²) in [6, 6.07) is 13.5. The molecule has 5 nitrogen and oxygen atoms in total. The molecule has 0 radical (unpaired) electrons. The zero-order valence-electron chi connectivity index (χ0n) is 18.8. The van der Waals surface area contributed by atoms with Gasteiger partial charge in [-0.25, -0.2) is 4.98 Å². The zero-order valence-corrected chi connectivity index (χ0v) is 19.7. The standard InChI is InChI=1S/C25H30N2O3S/c1-6-18(3)27(25(28)21-11-7-8-12-23(21)29-5)14-20-16-31-24(26-20)15-30-22-13-9-10-17(2)19(22)4/h7-13,16,18H,6,14-15H2,1-5H3. The van der Waals surface area contributed by atoms with Gasteiger partial charge in [-0.2, -0.15) is 0 Å². The van der Waals surface area contributed by atoms with Crippen molar-refractivity contribution in [3.63, 3.8) is 0 Å². The SMILES string of the molecule is CCC(C)N(Cc1csc(COc2cccc(C)c2C)n1)C(=O)c1ccccc1OC. The number of benzene rings is 2. The van der Waals surface area contributed by atoms with Crippen molar-refractivity contribution in [1.82, 2.24) is 9.88 Å². The van der Waals surface area contributed by atoms with Crippen molar-refractivity contribution < 1.29 is 14.3 Å². The Morgan fingerprint density at radius 1 is 1.13 bits per heavy atom. The number of rotatable bonds is 9. The van der Waals surface area contributed by atoms with Gasteiger partial charge in [0.15, 0.2) is 0 Å². The normalized spacial score (nSPS) is 11.8. The fourth-order valence-corrected chi connectivity index (χ4v) is 4.00. The average molecular weight is 439 g/mol. The second kappa shape index (κ2) is 10.4. The molecule has 0 aliphatic rings. The van der Waals surface area contributed by atoms with Crippen LogP contribution in [0, 0.1) is 13.8 Å². The van der Waals surface area contributed by atoms with Crippen LogP contribution >= 0.6 is 11.3 Å². The predicted molar refractivity (Wildman–Crippen MR) is 125 cm³/mol. The number of aryl methyl sites for hydroxylation is 1. The van der Waals surface area contributed by atoms with Gasteiger partial charge in [-0.05, 0) is 56.5 Å². The number of para-hydroxylation sites is 1. The van der Waals surface area contributed by atoms with Gasteiger partial charge in [0.1, 0.15) is 23.1 Å². The van der Waals surface area contributed by atoms with E-state index in [1.807, 2.05) is 40.6 Å². The second-order valence-corrected chi connectivity index (χ2v) is 8.55. The lowest BCUT2D eigenvalue weighted by Crippen LogP contribution is -2.38. The highest BCUT2D eigenvalue weighted by molar-refractivity contribution is 7.09. The van der Waals surface area contributed by atoms with Gasteiger partial charge in [0.05, 0.1) is 24.9 Å². The van der Waals surface area contributed by atoms with Crippen molar-refractivity contribution in [2.45, 2.75) is 53.3 Å². The number of ether oxygens (including phenoxy) is 2. The maximum absolute atomic E-state index is 13.3. The number of aromatic nitrogens is 1. The number of methoxy groups -OCH3 is 1. The number of thiazole rings is 1. The number of nitrogens with zero attached hydrogens (tertiary/aromatic N) is 2. The maximum Gasteiger partial charge on any atom is 0.258 e. The predicted octanol–water partition coefficient (Wildman–Crippen LogP) is 5.79. The molecule has 0 saturated heterocycles. The highest BCUT2D eigenvalue weighted by Crippen LogP contribution is 2.25. The molecule has 1 unspecified atom stereocenters. The van der Waals surface area contributed by atoms with Crippen LogP contribution in [0.4, 0.5) is 0 Å². The molecule has 0 spiro atoms. The molecule has 0 fully saturated rings. The Labute approximate surface area is 188 Å². The van der Waals surface area contributed by atoms with Crippen molar-refractivity contribution in [1.29, 1.82) is 0 Å². The topological polar surface area (TPSA) is 51.7 Å². The van der Waals surface area contributed by atoms with E-state index in [0.717, 1.165) is 28.4 Å². The van der Waals surface area contributed by atoms with Crippen LogP contribution in [0.5, 0.6) is 11.5 Å². The number of amides is 1. The minimum absolute atomic E-state index is 0.0482. The smallest absolute Gasteiger partial charge is 0.258 e. The van der Waals surface area contributed by atoms with Crippen LogP contribution in [0.1, 0.15) is 52.5 Å². The summed E-state index contributed by atoms with van der Waals surface area (Å²) >= 11 is 1.56. The minimum Gasteiger partial charge on any atom is -0.496 e.